The van der Waals surface area contributed by atoms with Gasteiger partial charge in [-0.2, -0.15) is 0 Å². The first kappa shape index (κ1) is 7.79. The van der Waals surface area contributed by atoms with Crippen molar-refractivity contribution in [1.82, 2.24) is 9.55 Å². The van der Waals surface area contributed by atoms with E-state index < -0.39 is 0 Å². The van der Waals surface area contributed by atoms with Crippen molar-refractivity contribution in [2.75, 3.05) is 5.73 Å². The lowest BCUT2D eigenvalue weighted by Crippen LogP contribution is -1.90. The molecule has 0 saturated heterocycles. The number of nitrogen functional groups attached to an aromatic ring is 1. The average molecular weight is 175 g/mol. The van der Waals surface area contributed by atoms with Gasteiger partial charge in [-0.15, -0.1) is 0 Å². The molecule has 0 aliphatic heterocycles. The number of hydrogen-bond acceptors (Lipinski definition) is 3. The van der Waals surface area contributed by atoms with E-state index in [1.165, 1.54) is 0 Å². The van der Waals surface area contributed by atoms with E-state index >= 15 is 0 Å². The van der Waals surface area contributed by atoms with Crippen LogP contribution in [0.4, 0.5) is 5.69 Å². The Morgan fingerprint density at radius 3 is 3.08 bits per heavy atom. The van der Waals surface area contributed by atoms with E-state index in [4.69, 9.17) is 5.73 Å². The first-order valence-electron chi connectivity index (χ1n) is 3.88. The summed E-state index contributed by atoms with van der Waals surface area (Å²) in [5, 5.41) is 0.736. The van der Waals surface area contributed by atoms with Crippen LogP contribution in [0.2, 0.25) is 0 Å². The Hall–Kier alpha value is -1.84. The number of fused-ring (bicyclic) bond motifs is 1. The molecular formula is C9H9N3O. The standard InChI is InChI=1S/C9H9N3O/c1-12-4-6(5-13)8-7(10)2-3-11-9(8)12/h2-5H,1H3,(H2,10,11). The van der Waals surface area contributed by atoms with Gasteiger partial charge in [0, 0.05) is 30.7 Å². The maximum Gasteiger partial charge on any atom is 0.152 e. The number of carbonyl (C=O) groups excluding carboxylic acids is 1. The molecule has 0 saturated carbocycles. The molecule has 4 nitrogen and oxygen atoms in total. The minimum absolute atomic E-state index is 0.586. The van der Waals surface area contributed by atoms with Gasteiger partial charge in [0.15, 0.2) is 6.29 Å². The number of aryl methyl sites for hydroxylation is 1. The lowest BCUT2D eigenvalue weighted by atomic mass is 10.2. The van der Waals surface area contributed by atoms with E-state index in [-0.39, 0.29) is 0 Å². The molecule has 13 heavy (non-hydrogen) atoms. The molecule has 0 aromatic carbocycles. The molecule has 4 heteroatoms. The summed E-state index contributed by atoms with van der Waals surface area (Å²) in [7, 11) is 1.84. The lowest BCUT2D eigenvalue weighted by molar-refractivity contribution is 0.112. The zero-order valence-corrected chi connectivity index (χ0v) is 7.19. The van der Waals surface area contributed by atoms with Gasteiger partial charge in [0.05, 0.1) is 5.39 Å². The van der Waals surface area contributed by atoms with Crippen LogP contribution < -0.4 is 5.73 Å². The summed E-state index contributed by atoms with van der Waals surface area (Å²) in [5.74, 6) is 0. The predicted molar refractivity (Wildman–Crippen MR) is 50.5 cm³/mol. The topological polar surface area (TPSA) is 60.9 Å². The fourth-order valence-electron chi connectivity index (χ4n) is 1.45. The molecule has 0 amide bonds. The zero-order valence-electron chi connectivity index (χ0n) is 7.19. The second-order valence-corrected chi connectivity index (χ2v) is 2.91. The maximum atomic E-state index is 10.7. The van der Waals surface area contributed by atoms with Crippen LogP contribution in [-0.4, -0.2) is 15.8 Å². The van der Waals surface area contributed by atoms with Gasteiger partial charge in [-0.25, -0.2) is 4.98 Å². The van der Waals surface area contributed by atoms with Gasteiger partial charge in [0.2, 0.25) is 0 Å². The number of aromatic nitrogens is 2. The Labute approximate surface area is 75.0 Å². The average Bonchev–Trinajstić information content (AvgIpc) is 2.45. The van der Waals surface area contributed by atoms with Gasteiger partial charge in [0.25, 0.3) is 0 Å². The Kier molecular flexibility index (Phi) is 1.55. The normalized spacial score (nSPS) is 10.5. The van der Waals surface area contributed by atoms with E-state index in [0.717, 1.165) is 17.3 Å². The van der Waals surface area contributed by atoms with Crippen molar-refractivity contribution in [3.63, 3.8) is 0 Å². The van der Waals surface area contributed by atoms with E-state index in [1.807, 2.05) is 7.05 Å². The van der Waals surface area contributed by atoms with Gasteiger partial charge in [-0.05, 0) is 6.07 Å². The van der Waals surface area contributed by atoms with Crippen molar-refractivity contribution in [3.05, 3.63) is 24.0 Å². The summed E-state index contributed by atoms with van der Waals surface area (Å²) in [6.45, 7) is 0. The number of pyridine rings is 1. The lowest BCUT2D eigenvalue weighted by Gasteiger charge is -1.96. The fourth-order valence-corrected chi connectivity index (χ4v) is 1.45. The fraction of sp³-hybridized carbons (Fsp3) is 0.111. The maximum absolute atomic E-state index is 10.7. The van der Waals surface area contributed by atoms with Crippen LogP contribution >= 0.6 is 0 Å². The van der Waals surface area contributed by atoms with Crippen LogP contribution in [-0.2, 0) is 7.05 Å². The van der Waals surface area contributed by atoms with E-state index in [9.17, 15) is 4.79 Å². The first-order chi connectivity index (χ1) is 6.24. The van der Waals surface area contributed by atoms with Crippen molar-refractivity contribution in [1.29, 1.82) is 0 Å². The number of nitrogens with two attached hydrogens (primary N) is 1. The van der Waals surface area contributed by atoms with Gasteiger partial charge >= 0.3 is 0 Å². The minimum atomic E-state index is 0.586. The number of aldehydes is 1. The summed E-state index contributed by atoms with van der Waals surface area (Å²) >= 11 is 0. The predicted octanol–water partition coefficient (Wildman–Crippen LogP) is 0.968. The first-order valence-corrected chi connectivity index (χ1v) is 3.88. The highest BCUT2D eigenvalue weighted by Gasteiger charge is 2.08. The molecule has 0 fully saturated rings. The van der Waals surface area contributed by atoms with Crippen molar-refractivity contribution in [2.24, 2.45) is 7.05 Å². The summed E-state index contributed by atoms with van der Waals surface area (Å²) < 4.78 is 1.79. The van der Waals surface area contributed by atoms with Crippen molar-refractivity contribution < 1.29 is 4.79 Å². The third kappa shape index (κ3) is 0.989. The smallest absolute Gasteiger partial charge is 0.152 e. The second-order valence-electron chi connectivity index (χ2n) is 2.91. The largest absolute Gasteiger partial charge is 0.398 e. The number of anilines is 1. The summed E-state index contributed by atoms with van der Waals surface area (Å²) in [5.41, 5.74) is 7.65. The highest BCUT2D eigenvalue weighted by Crippen LogP contribution is 2.22. The quantitative estimate of drug-likeness (QED) is 0.657. The second kappa shape index (κ2) is 2.58. The summed E-state index contributed by atoms with van der Waals surface area (Å²) in [4.78, 5) is 14.8. The Balaban J connectivity index is 2.96. The van der Waals surface area contributed by atoms with E-state index in [1.54, 1.807) is 23.0 Å². The van der Waals surface area contributed by atoms with Crippen LogP contribution in [0.3, 0.4) is 0 Å². The van der Waals surface area contributed by atoms with Crippen LogP contribution in [0, 0.1) is 0 Å². The zero-order chi connectivity index (χ0) is 9.42. The molecule has 0 atom stereocenters. The highest BCUT2D eigenvalue weighted by atomic mass is 16.1. The Morgan fingerprint density at radius 1 is 1.62 bits per heavy atom. The molecule has 66 valence electrons. The van der Waals surface area contributed by atoms with E-state index in [2.05, 4.69) is 4.98 Å². The van der Waals surface area contributed by atoms with Crippen LogP contribution in [0.1, 0.15) is 10.4 Å². The SMILES string of the molecule is Cn1cc(C=O)c2c(N)ccnc21. The van der Waals surface area contributed by atoms with Crippen molar-refractivity contribution >= 4 is 23.0 Å². The third-order valence-electron chi connectivity index (χ3n) is 2.05. The van der Waals surface area contributed by atoms with Gasteiger partial charge < -0.3 is 10.3 Å². The third-order valence-corrected chi connectivity index (χ3v) is 2.05. The molecule has 2 N–H and O–H groups in total. The van der Waals surface area contributed by atoms with Crippen LogP contribution in [0.15, 0.2) is 18.5 Å². The Bertz CT molecular complexity index is 473. The molecular weight excluding hydrogens is 166 g/mol. The number of rotatable bonds is 1. The molecule has 0 spiro atoms. The molecule has 2 aromatic heterocycles. The molecule has 0 aliphatic carbocycles. The number of hydrogen-bond donors (Lipinski definition) is 1. The molecule has 2 rings (SSSR count). The Morgan fingerprint density at radius 2 is 2.38 bits per heavy atom. The molecule has 0 unspecified atom stereocenters. The van der Waals surface area contributed by atoms with Crippen LogP contribution in [0.25, 0.3) is 11.0 Å². The van der Waals surface area contributed by atoms with E-state index in [0.29, 0.717) is 11.3 Å². The van der Waals surface area contributed by atoms with Crippen LogP contribution in [0.5, 0.6) is 0 Å². The monoisotopic (exact) mass is 175 g/mol. The van der Waals surface area contributed by atoms with Gasteiger partial charge in [-0.1, -0.05) is 0 Å². The molecule has 0 bridgehead atoms. The molecule has 0 radical (unpaired) electrons. The summed E-state index contributed by atoms with van der Waals surface area (Å²) in [6.07, 6.45) is 4.15. The van der Waals surface area contributed by atoms with Gasteiger partial charge in [-0.3, -0.25) is 4.79 Å². The van der Waals surface area contributed by atoms with Crippen molar-refractivity contribution in [2.45, 2.75) is 0 Å². The molecule has 0 aliphatic rings. The number of carbonyl (C=O) groups is 1. The minimum Gasteiger partial charge on any atom is -0.398 e. The molecule has 2 aromatic rings. The van der Waals surface area contributed by atoms with Gasteiger partial charge in [0.1, 0.15) is 5.65 Å². The molecule has 2 heterocycles. The number of nitrogens with zero attached hydrogens (tertiary/aromatic N) is 2. The highest BCUT2D eigenvalue weighted by molar-refractivity contribution is 6.02. The van der Waals surface area contributed by atoms with Crippen molar-refractivity contribution in [3.8, 4) is 0 Å². The summed E-state index contributed by atoms with van der Waals surface area (Å²) in [6, 6.07) is 1.69.